The topological polar surface area (TPSA) is 489 Å². The molecule has 13 aromatic rings. The zero-order valence-electron chi connectivity index (χ0n) is 63.6. The van der Waals surface area contributed by atoms with E-state index < -0.39 is 40.5 Å². The van der Waals surface area contributed by atoms with Gasteiger partial charge in [-0.1, -0.05) is 107 Å². The van der Waals surface area contributed by atoms with Gasteiger partial charge in [0.2, 0.25) is 0 Å². The number of aromatic nitrogens is 2. The number of halogens is 1. The Kier molecular flexibility index (Phi) is 26.5. The molecule has 0 saturated carbocycles. The van der Waals surface area contributed by atoms with Gasteiger partial charge in [0.25, 0.3) is 40.5 Å². The molecule has 4 aromatic heterocycles. The number of rotatable bonds is 26. The van der Waals surface area contributed by atoms with Crippen LogP contribution in [-0.4, -0.2) is 72.1 Å². The summed E-state index contributed by atoms with van der Waals surface area (Å²) in [5, 5.41) is 113. The minimum Gasteiger partial charge on any atom is -0.339 e. The maximum absolute atomic E-state index is 12.3. The molecule has 121 heavy (non-hydrogen) atoms. The molecular weight excluding hydrogens is 1680 g/mol. The fourth-order valence-electron chi connectivity index (χ4n) is 11.5. The number of hydrogen-bond donors (Lipinski definition) is 4. The van der Waals surface area contributed by atoms with E-state index in [2.05, 4.69) is 120 Å². The first-order chi connectivity index (χ1) is 58.2. The number of nitrogens with zero attached hydrogens (tertiary/aromatic N) is 16. The minimum atomic E-state index is -3.99. The van der Waals surface area contributed by atoms with Crippen molar-refractivity contribution in [2.75, 3.05) is 49.7 Å². The summed E-state index contributed by atoms with van der Waals surface area (Å²) in [6.45, 7) is 3.23. The average molecular weight is 1740 g/mol. The Labute approximate surface area is 705 Å². The highest BCUT2D eigenvalue weighted by atomic mass is 35.5. The highest BCUT2D eigenvalue weighted by Gasteiger charge is 2.27. The van der Waals surface area contributed by atoms with Gasteiger partial charge in [0, 0.05) is 50.0 Å². The number of azo groups is 4. The molecule has 0 aliphatic heterocycles. The number of anilines is 8. The summed E-state index contributed by atoms with van der Waals surface area (Å²) < 4.78 is 116. The quantitative estimate of drug-likeness (QED) is 0.0289. The van der Waals surface area contributed by atoms with Crippen LogP contribution in [0.25, 0.3) is 33.0 Å². The van der Waals surface area contributed by atoms with Gasteiger partial charge in [-0.2, -0.15) is 65.2 Å². The molecule has 13 rings (SSSR count). The van der Waals surface area contributed by atoms with Crippen LogP contribution in [0.1, 0.15) is 44.5 Å². The van der Waals surface area contributed by atoms with E-state index in [0.29, 0.717) is 88.7 Å². The molecule has 0 spiro atoms. The number of fused-ring (bicyclic) bond motifs is 1. The van der Waals surface area contributed by atoms with Gasteiger partial charge in [-0.25, -0.2) is 9.97 Å². The maximum atomic E-state index is 12.3. The highest BCUT2D eigenvalue weighted by Crippen LogP contribution is 2.51. The van der Waals surface area contributed by atoms with Crippen molar-refractivity contribution in [3.05, 3.63) is 262 Å². The van der Waals surface area contributed by atoms with Crippen LogP contribution in [0.4, 0.5) is 88.8 Å². The van der Waals surface area contributed by atoms with Crippen molar-refractivity contribution in [3.63, 3.8) is 0 Å². The number of hydrogen-bond acceptors (Lipinski definition) is 34. The summed E-state index contributed by atoms with van der Waals surface area (Å²) in [5.74, 6) is 0.271. The molecular formula is C82H57ClN20O12S6. The van der Waals surface area contributed by atoms with Gasteiger partial charge in [0.05, 0.1) is 70.3 Å². The molecule has 0 atom stereocenters. The van der Waals surface area contributed by atoms with Crippen molar-refractivity contribution in [3.8, 4) is 58.7 Å². The third-order valence-corrected chi connectivity index (χ3v) is 25.0. The Morgan fingerprint density at radius 1 is 0.339 bits per heavy atom. The second-order valence-corrected chi connectivity index (χ2v) is 34.1. The fourth-order valence-corrected chi connectivity index (χ4v) is 16.1. The van der Waals surface area contributed by atoms with Gasteiger partial charge in [0.15, 0.2) is 33.3 Å². The molecule has 0 amide bonds. The minimum absolute atomic E-state index is 0.0545. The van der Waals surface area contributed by atoms with Crippen LogP contribution in [0.15, 0.2) is 273 Å². The lowest BCUT2D eigenvalue weighted by Gasteiger charge is -2.16. The number of benzene rings is 9. The normalized spacial score (nSPS) is 11.6. The van der Waals surface area contributed by atoms with Crippen molar-refractivity contribution in [1.82, 2.24) is 9.97 Å². The summed E-state index contributed by atoms with van der Waals surface area (Å²) in [4.78, 5) is 8.99. The molecule has 0 aliphatic rings. The third-order valence-electron chi connectivity index (χ3n) is 17.7. The standard InChI is InChI=1S/C43H30N10O6S3.C39H27ClN10O6S3/c1-26-35(24-45)40(47-31-14-18-33(19-15-31)61(54,55)58-2)49-41(48-32-16-20-34(21-17-32)62(56,57)59-3)39(26)51-52-42-36(25-46)38(29-13-12-27-8-4-5-9-28(27)22-29)43(60-42)53-50-37-11-7-6-10-30(37)23-44;1-23-31(21-42)36(44-27-12-16-29(17-13-27)58(51,52)55-2)46-37(45-28-14-18-30(19-15-28)59(53,54)56-3)35(23)48-49-38-32(22-43)34(24-8-10-26(40)11-9-24)39(57-38)50-47-33-7-5-4-6-25(33)20-41/h4-22H,1-3H3,(H2,47,48,49);4-19H,1-3H3,(H2,44,45,46). The lowest BCUT2D eigenvalue weighted by Crippen LogP contribution is -2.05. The van der Waals surface area contributed by atoms with E-state index in [4.69, 9.17) is 16.6 Å². The largest absolute Gasteiger partial charge is 0.339 e. The first-order valence-electron chi connectivity index (χ1n) is 34.9. The van der Waals surface area contributed by atoms with E-state index in [9.17, 15) is 65.2 Å². The fraction of sp³-hybridized carbons (Fsp3) is 0.0732. The summed E-state index contributed by atoms with van der Waals surface area (Å²) in [6.07, 6.45) is 0. The Hall–Kier alpha value is -14.6. The molecule has 0 saturated heterocycles. The monoisotopic (exact) mass is 1740 g/mol. The molecule has 39 heteroatoms. The lowest BCUT2D eigenvalue weighted by atomic mass is 10.00. The van der Waals surface area contributed by atoms with E-state index in [1.54, 1.807) is 86.6 Å². The molecule has 4 N–H and O–H groups in total. The number of pyridine rings is 2. The molecule has 0 aliphatic carbocycles. The van der Waals surface area contributed by atoms with Crippen LogP contribution in [0.3, 0.4) is 0 Å². The molecule has 9 aromatic carbocycles. The predicted molar refractivity (Wildman–Crippen MR) is 454 cm³/mol. The second-order valence-electron chi connectivity index (χ2n) is 24.9. The summed E-state index contributed by atoms with van der Waals surface area (Å²) in [6, 6.07) is 68.8. The van der Waals surface area contributed by atoms with Gasteiger partial charge in [-0.15, -0.1) is 40.9 Å². The maximum Gasteiger partial charge on any atom is 0.296 e. The summed E-state index contributed by atoms with van der Waals surface area (Å²) >= 11 is 8.22. The van der Waals surface area contributed by atoms with E-state index in [-0.39, 0.29) is 91.5 Å². The Balaban J connectivity index is 0.000000222. The molecule has 0 radical (unpaired) electrons. The van der Waals surface area contributed by atoms with Crippen LogP contribution in [-0.2, 0) is 57.2 Å². The van der Waals surface area contributed by atoms with Crippen molar-refractivity contribution in [1.29, 1.82) is 31.6 Å². The van der Waals surface area contributed by atoms with Gasteiger partial charge >= 0.3 is 0 Å². The van der Waals surface area contributed by atoms with Crippen LogP contribution in [0, 0.1) is 81.8 Å². The number of nitriles is 6. The van der Waals surface area contributed by atoms with Crippen molar-refractivity contribution in [2.24, 2.45) is 40.9 Å². The summed E-state index contributed by atoms with van der Waals surface area (Å²) in [5.41, 5.74) is 5.98. The smallest absolute Gasteiger partial charge is 0.296 e. The van der Waals surface area contributed by atoms with Gasteiger partial charge in [-0.05, 0) is 175 Å². The van der Waals surface area contributed by atoms with Crippen molar-refractivity contribution < 1.29 is 50.4 Å². The SMILES string of the molecule is COS(=O)(=O)c1ccc(Nc2nc(Nc3ccc(S(=O)(=O)OC)cc3)c(N=Nc3sc(N=Nc4ccccc4C#N)c(-c4ccc(Cl)cc4)c3C#N)c(C)c2C#N)cc1.COS(=O)(=O)c1ccc(Nc2nc(Nc3ccc(S(=O)(=O)OC)cc3)c(N=Nc3sc(N=Nc4ccccc4C#N)c(-c4ccc5ccccc5c4)c3C#N)c(C)c2C#N)cc1. The summed E-state index contributed by atoms with van der Waals surface area (Å²) in [7, 11) is -11.7. The zero-order valence-corrected chi connectivity index (χ0v) is 69.2. The first kappa shape index (κ1) is 85.8. The van der Waals surface area contributed by atoms with Crippen molar-refractivity contribution in [2.45, 2.75) is 33.4 Å². The lowest BCUT2D eigenvalue weighted by molar-refractivity contribution is 0.396. The van der Waals surface area contributed by atoms with E-state index in [1.165, 1.54) is 97.1 Å². The molecule has 0 unspecified atom stereocenters. The molecule has 0 fully saturated rings. The third kappa shape index (κ3) is 19.3. The van der Waals surface area contributed by atoms with E-state index >= 15 is 0 Å². The molecule has 32 nitrogen and oxygen atoms in total. The Morgan fingerprint density at radius 3 is 1.00 bits per heavy atom. The van der Waals surface area contributed by atoms with Crippen molar-refractivity contribution >= 4 is 174 Å². The van der Waals surface area contributed by atoms with Crippen LogP contribution in [0.5, 0.6) is 0 Å². The number of thiophene rings is 2. The van der Waals surface area contributed by atoms with Gasteiger partial charge in [0.1, 0.15) is 80.3 Å². The van der Waals surface area contributed by atoms with Gasteiger partial charge in [-0.3, -0.25) is 16.7 Å². The molecule has 0 bridgehead atoms. The van der Waals surface area contributed by atoms with E-state index in [0.717, 1.165) is 61.9 Å². The first-order valence-corrected chi connectivity index (χ1v) is 42.5. The Bertz CT molecular complexity index is 7140. The zero-order chi connectivity index (χ0) is 86.3. The van der Waals surface area contributed by atoms with Crippen LogP contribution >= 0.6 is 34.3 Å². The Morgan fingerprint density at radius 2 is 0.653 bits per heavy atom. The average Bonchev–Trinajstić information content (AvgIpc) is 1.67. The van der Waals surface area contributed by atoms with Crippen LogP contribution in [0.2, 0.25) is 5.02 Å². The van der Waals surface area contributed by atoms with E-state index in [1.807, 2.05) is 42.5 Å². The highest BCUT2D eigenvalue weighted by molar-refractivity contribution is 7.87. The second kappa shape index (κ2) is 37.3. The number of nitrogens with one attached hydrogen (secondary N) is 4. The van der Waals surface area contributed by atoms with Crippen LogP contribution < -0.4 is 21.3 Å². The predicted octanol–water partition coefficient (Wildman–Crippen LogP) is 21.3. The molecule has 4 heterocycles. The molecule has 600 valence electrons. The van der Waals surface area contributed by atoms with Gasteiger partial charge < -0.3 is 21.3 Å².